The van der Waals surface area contributed by atoms with Crippen LogP contribution < -0.4 is 31.0 Å². The van der Waals surface area contributed by atoms with E-state index in [1.807, 2.05) is 0 Å². The first-order chi connectivity index (χ1) is 25.4. The Hall–Kier alpha value is -6.04. The number of ketones is 6. The van der Waals surface area contributed by atoms with E-state index >= 15 is 0 Å². The number of nitrogens with zero attached hydrogens (tertiary/aromatic N) is 6. The van der Waals surface area contributed by atoms with E-state index in [2.05, 4.69) is 29.9 Å². The molecule has 6 aromatic rings. The van der Waals surface area contributed by atoms with E-state index in [1.165, 1.54) is 0 Å². The van der Waals surface area contributed by atoms with Crippen LogP contribution in [0.5, 0.6) is 0 Å². The Kier molecular flexibility index (Phi) is 13.2. The van der Waals surface area contributed by atoms with Crippen molar-refractivity contribution in [1.82, 2.24) is 29.9 Å². The molecule has 6 heterocycles. The average Bonchev–Trinajstić information content (AvgIpc) is 3.18. The van der Waals surface area contributed by atoms with Gasteiger partial charge >= 0.3 is 19.5 Å². The molecule has 9 rings (SSSR count). The molecule has 0 saturated carbocycles. The summed E-state index contributed by atoms with van der Waals surface area (Å²) in [5.74, 6) is -3.06. The van der Waals surface area contributed by atoms with Gasteiger partial charge in [0.25, 0.3) is 0 Å². The van der Waals surface area contributed by atoms with Crippen molar-refractivity contribution in [1.29, 1.82) is 0 Å². The number of hydrogen-bond donors (Lipinski definition) is 0. The van der Waals surface area contributed by atoms with Gasteiger partial charge in [0.1, 0.15) is 34.2 Å². The van der Waals surface area contributed by atoms with Crippen LogP contribution in [0.3, 0.4) is 0 Å². The van der Waals surface area contributed by atoms with Gasteiger partial charge in [-0.2, -0.15) is 0 Å². The summed E-state index contributed by atoms with van der Waals surface area (Å²) in [4.78, 5) is 95.2. The Morgan fingerprint density at radius 3 is 0.582 bits per heavy atom. The Labute approximate surface area is 330 Å². The predicted octanol–water partition coefficient (Wildman–Crippen LogP) is -3.19. The van der Waals surface area contributed by atoms with E-state index in [4.69, 9.17) is 18.6 Å². The van der Waals surface area contributed by atoms with Gasteiger partial charge in [-0.1, -0.05) is 0 Å². The zero-order valence-corrected chi connectivity index (χ0v) is 32.1. The second-order valence-corrected chi connectivity index (χ2v) is 11.5. The van der Waals surface area contributed by atoms with Crippen molar-refractivity contribution in [3.63, 3.8) is 0 Å². The predicted molar refractivity (Wildman–Crippen MR) is 168 cm³/mol. The van der Waals surface area contributed by atoms with Crippen molar-refractivity contribution >= 4 is 34.7 Å². The molecule has 55 heavy (non-hydrogen) atoms. The zero-order chi connectivity index (χ0) is 37.9. The van der Waals surface area contributed by atoms with Gasteiger partial charge in [-0.3, -0.25) is 58.7 Å². The molecule has 0 atom stereocenters. The van der Waals surface area contributed by atoms with Crippen LogP contribution in [0.1, 0.15) is 62.1 Å². The van der Waals surface area contributed by atoms with Crippen LogP contribution in [0.4, 0.5) is 0 Å². The maximum atomic E-state index is 11.8. The molecule has 6 aromatic heterocycles. The molecule has 0 aromatic carbocycles. The number of carbonyl (C=O) groups is 6. The summed E-state index contributed by atoms with van der Waals surface area (Å²) < 4.78 is 34.0. The van der Waals surface area contributed by atoms with Gasteiger partial charge in [-0.05, 0) is 72.8 Å². The number of halogens is 2. The van der Waals surface area contributed by atoms with E-state index in [0.29, 0.717) is 67.5 Å². The summed E-state index contributed by atoms with van der Waals surface area (Å²) >= 11 is 0. The summed E-state index contributed by atoms with van der Waals surface area (Å²) in [6.07, 6.45) is 9.50. The second kappa shape index (κ2) is 17.4. The van der Waals surface area contributed by atoms with Crippen molar-refractivity contribution in [2.45, 2.75) is 0 Å². The van der Waals surface area contributed by atoms with Gasteiger partial charge in [0.15, 0.2) is 0 Å². The molecule has 0 saturated heterocycles. The third-order valence-electron chi connectivity index (χ3n) is 7.61. The number of pyridine rings is 6. The average molecular weight is 831 g/mol. The van der Waals surface area contributed by atoms with Gasteiger partial charge < -0.3 is 12.4 Å². The minimum atomic E-state index is -4.94. The maximum Gasteiger partial charge on any atom is 2.00 e. The van der Waals surface area contributed by atoms with E-state index in [1.54, 1.807) is 110 Å². The number of hydrogen-bond acceptors (Lipinski definition) is 16. The Morgan fingerprint density at radius 1 is 0.327 bits per heavy atom. The van der Waals surface area contributed by atoms with Gasteiger partial charge in [0, 0.05) is 37.2 Å². The minimum absolute atomic E-state index is 0. The molecule has 0 fully saturated rings. The van der Waals surface area contributed by atoms with Crippen LogP contribution in [0.15, 0.2) is 110 Å². The van der Waals surface area contributed by atoms with Gasteiger partial charge in [-0.15, -0.1) is 10.2 Å². The Morgan fingerprint density at radius 2 is 0.455 bits per heavy atom. The van der Waals surface area contributed by atoms with E-state index in [-0.39, 0.29) is 31.9 Å². The molecular formula is C36H18Cl2N6O10Zn. The van der Waals surface area contributed by atoms with Crippen LogP contribution in [0, 0.1) is 10.2 Å². The summed E-state index contributed by atoms with van der Waals surface area (Å²) in [6.45, 7) is 0. The quantitative estimate of drug-likeness (QED) is 0.108. The normalized spacial score (nSPS) is 12.7. The molecule has 3 aliphatic carbocycles. The maximum absolute atomic E-state index is 11.8. The summed E-state index contributed by atoms with van der Waals surface area (Å²) in [5, 5.41) is 0. The smallest absolute Gasteiger partial charge is 1.00 e. The minimum Gasteiger partial charge on any atom is -1.00 e. The number of carbonyl (C=O) groups excluding carboxylic acids is 6. The summed E-state index contributed by atoms with van der Waals surface area (Å²) in [5.41, 5.74) is 4.92. The molecule has 16 nitrogen and oxygen atoms in total. The third-order valence-corrected chi connectivity index (χ3v) is 7.61. The van der Waals surface area contributed by atoms with Crippen molar-refractivity contribution in [3.8, 4) is 34.2 Å². The van der Waals surface area contributed by atoms with Crippen LogP contribution >= 0.6 is 0 Å². The monoisotopic (exact) mass is 828 g/mol. The largest absolute Gasteiger partial charge is 2.00 e. The molecule has 0 aliphatic heterocycles. The molecule has 0 radical (unpaired) electrons. The number of fused-ring (bicyclic) bond motifs is 9. The fourth-order valence-electron chi connectivity index (χ4n) is 5.40. The van der Waals surface area contributed by atoms with Crippen molar-refractivity contribution in [3.05, 3.63) is 143 Å². The molecule has 3 aliphatic rings. The van der Waals surface area contributed by atoms with Crippen LogP contribution in [-0.4, -0.2) is 64.6 Å². The molecule has 0 amide bonds. The molecule has 0 N–H and O–H groups in total. The molecule has 0 bridgehead atoms. The van der Waals surface area contributed by atoms with E-state index in [9.17, 15) is 28.8 Å². The molecule has 268 valence electrons. The molecular weight excluding hydrogens is 813 g/mol. The Balaban J connectivity index is 0.000000170. The van der Waals surface area contributed by atoms with Gasteiger partial charge in [0.05, 0.1) is 33.4 Å². The van der Waals surface area contributed by atoms with Gasteiger partial charge in [-0.25, -0.2) is 18.6 Å². The first-order valence-corrected chi connectivity index (χ1v) is 16.2. The number of Topliss-reactive ketones (excluding diaryl/α,β-unsaturated/α-hetero) is 6. The third kappa shape index (κ3) is 8.69. The number of aromatic nitrogens is 6. The summed E-state index contributed by atoms with van der Waals surface area (Å²) in [7, 11) is -4.94. The first-order valence-electron chi connectivity index (χ1n) is 15.0. The zero-order valence-electron chi connectivity index (χ0n) is 27.6. The van der Waals surface area contributed by atoms with Crippen molar-refractivity contribution in [2.24, 2.45) is 0 Å². The van der Waals surface area contributed by atoms with E-state index in [0.717, 1.165) is 0 Å². The van der Waals surface area contributed by atoms with Crippen LogP contribution in [0.25, 0.3) is 34.2 Å². The van der Waals surface area contributed by atoms with Crippen LogP contribution in [0.2, 0.25) is 0 Å². The first kappa shape index (κ1) is 41.7. The molecule has 19 heteroatoms. The SMILES string of the molecule is O=C1C(=O)c2cccnc2-c2ncccc21.O=C1C(=O)c2cccnc2-c2ncccc21.O=C1C(=O)c2cccnc2-c2ncccc21.[Cl-].[O-][Cl+3]([O-])([O-])[O-].[Zn+2]. The van der Waals surface area contributed by atoms with E-state index < -0.39 is 44.9 Å². The topological polar surface area (TPSA) is 272 Å². The Bertz CT molecular complexity index is 2080. The fourth-order valence-corrected chi connectivity index (χ4v) is 5.40. The van der Waals surface area contributed by atoms with Crippen LogP contribution in [-0.2, 0) is 19.5 Å². The van der Waals surface area contributed by atoms with Gasteiger partial charge in [0.2, 0.25) is 34.7 Å². The van der Waals surface area contributed by atoms with Crippen molar-refractivity contribution in [2.75, 3.05) is 0 Å². The second-order valence-electron chi connectivity index (χ2n) is 10.8. The fraction of sp³-hybridized carbons (Fsp3) is 0. The standard InChI is InChI=1S/3C12H6N2O2.ClHO4.ClH.Zn/c3*15-11-7-3-1-5-13-9(7)10-8(12(11)16)4-2-6-14-10;2-1(3,4)5;;/h3*1-6H;(H,2,3,4,5);1H;/q;;;;;+2/p-2. The molecule has 0 spiro atoms. The summed E-state index contributed by atoms with van der Waals surface area (Å²) in [6, 6.07) is 19.4. The number of rotatable bonds is 0. The van der Waals surface area contributed by atoms with Crippen molar-refractivity contribution < 1.29 is 89.5 Å². The molecule has 0 unspecified atom stereocenters.